The summed E-state index contributed by atoms with van der Waals surface area (Å²) in [6.07, 6.45) is 0.775. The molecule has 0 bridgehead atoms. The van der Waals surface area contributed by atoms with Gasteiger partial charge in [0.15, 0.2) is 0 Å². The van der Waals surface area contributed by atoms with Gasteiger partial charge in [0, 0.05) is 31.5 Å². The van der Waals surface area contributed by atoms with Crippen LogP contribution < -0.4 is 11.1 Å². The maximum Gasteiger partial charge on any atom is 0.251 e. The zero-order valence-corrected chi connectivity index (χ0v) is 11.6. The van der Waals surface area contributed by atoms with E-state index >= 15 is 0 Å². The van der Waals surface area contributed by atoms with Gasteiger partial charge in [-0.2, -0.15) is 0 Å². The first-order chi connectivity index (χ1) is 9.16. The molecule has 0 heterocycles. The molecule has 0 aliphatic carbocycles. The van der Waals surface area contributed by atoms with Crippen LogP contribution in [-0.4, -0.2) is 39.4 Å². The predicted molar refractivity (Wildman–Crippen MR) is 75.2 cm³/mol. The average molecular weight is 266 g/mol. The van der Waals surface area contributed by atoms with E-state index < -0.39 is 0 Å². The van der Waals surface area contributed by atoms with Crippen molar-refractivity contribution in [2.45, 2.75) is 13.3 Å². The maximum atomic E-state index is 11.9. The van der Waals surface area contributed by atoms with E-state index in [4.69, 9.17) is 15.2 Å². The first-order valence-corrected chi connectivity index (χ1v) is 6.36. The summed E-state index contributed by atoms with van der Waals surface area (Å²) in [5.74, 6) is -0.0957. The maximum absolute atomic E-state index is 11.9. The number of carbonyl (C=O) groups excluding carboxylic acids is 1. The molecule has 0 aliphatic heterocycles. The number of methoxy groups -OCH3 is 1. The van der Waals surface area contributed by atoms with Crippen molar-refractivity contribution in [3.8, 4) is 0 Å². The van der Waals surface area contributed by atoms with Crippen LogP contribution >= 0.6 is 0 Å². The lowest BCUT2D eigenvalue weighted by molar-refractivity contribution is 0.0688. The molecule has 5 heteroatoms. The highest BCUT2D eigenvalue weighted by Crippen LogP contribution is 2.15. The number of benzene rings is 1. The lowest BCUT2D eigenvalue weighted by Crippen LogP contribution is -2.26. The second-order valence-corrected chi connectivity index (χ2v) is 4.23. The predicted octanol–water partition coefficient (Wildman–Crippen LogP) is 1.36. The van der Waals surface area contributed by atoms with Crippen LogP contribution in [0.2, 0.25) is 0 Å². The van der Waals surface area contributed by atoms with Crippen LogP contribution in [0.4, 0.5) is 5.69 Å². The minimum Gasteiger partial charge on any atom is -0.398 e. The van der Waals surface area contributed by atoms with Crippen molar-refractivity contribution >= 4 is 11.6 Å². The number of ether oxygens (including phenoxy) is 2. The number of rotatable bonds is 8. The molecular weight excluding hydrogens is 244 g/mol. The standard InChI is InChI=1S/C14H22N2O3/c1-11-12(5-3-6-13(11)15)14(17)16-7-4-8-19-10-9-18-2/h3,5-6H,4,7-10,15H2,1-2H3,(H,16,17). The Bertz CT molecular complexity index is 408. The van der Waals surface area contributed by atoms with Gasteiger partial charge in [-0.25, -0.2) is 0 Å². The Hall–Kier alpha value is -1.59. The fraction of sp³-hybridized carbons (Fsp3) is 0.500. The lowest BCUT2D eigenvalue weighted by atomic mass is 10.1. The Balaban J connectivity index is 2.26. The third-order valence-electron chi connectivity index (χ3n) is 2.80. The second kappa shape index (κ2) is 8.50. The van der Waals surface area contributed by atoms with Gasteiger partial charge in [0.25, 0.3) is 5.91 Å². The number of nitrogen functional groups attached to an aromatic ring is 1. The zero-order valence-electron chi connectivity index (χ0n) is 11.6. The molecule has 0 unspecified atom stereocenters. The van der Waals surface area contributed by atoms with Crippen molar-refractivity contribution in [1.29, 1.82) is 0 Å². The molecule has 1 amide bonds. The summed E-state index contributed by atoms with van der Waals surface area (Å²) in [7, 11) is 1.64. The van der Waals surface area contributed by atoms with E-state index in [0.29, 0.717) is 37.6 Å². The van der Waals surface area contributed by atoms with Crippen LogP contribution in [0.5, 0.6) is 0 Å². The molecule has 0 spiro atoms. The number of nitrogens with two attached hydrogens (primary N) is 1. The Morgan fingerprint density at radius 2 is 2.11 bits per heavy atom. The monoisotopic (exact) mass is 266 g/mol. The van der Waals surface area contributed by atoms with Crippen molar-refractivity contribution in [2.24, 2.45) is 0 Å². The number of anilines is 1. The van der Waals surface area contributed by atoms with Crippen LogP contribution in [0.25, 0.3) is 0 Å². The molecule has 0 atom stereocenters. The molecule has 0 aromatic heterocycles. The van der Waals surface area contributed by atoms with E-state index in [9.17, 15) is 4.79 Å². The van der Waals surface area contributed by atoms with E-state index in [1.54, 1.807) is 25.3 Å². The smallest absolute Gasteiger partial charge is 0.251 e. The SMILES string of the molecule is COCCOCCCNC(=O)c1cccc(N)c1C. The Labute approximate surface area is 114 Å². The molecule has 0 saturated heterocycles. The van der Waals surface area contributed by atoms with Gasteiger partial charge >= 0.3 is 0 Å². The number of amides is 1. The minimum absolute atomic E-state index is 0.0957. The van der Waals surface area contributed by atoms with E-state index in [1.165, 1.54) is 0 Å². The molecule has 0 fully saturated rings. The number of hydrogen-bond acceptors (Lipinski definition) is 4. The molecule has 0 radical (unpaired) electrons. The lowest BCUT2D eigenvalue weighted by Gasteiger charge is -2.09. The molecule has 0 aliphatic rings. The van der Waals surface area contributed by atoms with Crippen molar-refractivity contribution in [1.82, 2.24) is 5.32 Å². The second-order valence-electron chi connectivity index (χ2n) is 4.23. The topological polar surface area (TPSA) is 73.6 Å². The first kappa shape index (κ1) is 15.5. The Kier molecular flexibility index (Phi) is 6.92. The summed E-state index contributed by atoms with van der Waals surface area (Å²) >= 11 is 0. The van der Waals surface area contributed by atoms with E-state index in [-0.39, 0.29) is 5.91 Å². The molecule has 19 heavy (non-hydrogen) atoms. The summed E-state index contributed by atoms with van der Waals surface area (Å²) in [5.41, 5.74) is 7.85. The number of nitrogens with one attached hydrogen (secondary N) is 1. The van der Waals surface area contributed by atoms with Gasteiger partial charge in [0.1, 0.15) is 0 Å². The van der Waals surface area contributed by atoms with Gasteiger partial charge in [-0.15, -0.1) is 0 Å². The number of hydrogen-bond donors (Lipinski definition) is 2. The van der Waals surface area contributed by atoms with Gasteiger partial charge in [0.2, 0.25) is 0 Å². The van der Waals surface area contributed by atoms with Crippen molar-refractivity contribution in [3.63, 3.8) is 0 Å². The van der Waals surface area contributed by atoms with Crippen molar-refractivity contribution in [2.75, 3.05) is 39.2 Å². The Morgan fingerprint density at radius 3 is 2.84 bits per heavy atom. The van der Waals surface area contributed by atoms with Gasteiger partial charge in [-0.1, -0.05) is 6.07 Å². The highest BCUT2D eigenvalue weighted by molar-refractivity contribution is 5.96. The normalized spacial score (nSPS) is 10.4. The molecule has 1 rings (SSSR count). The van der Waals surface area contributed by atoms with Crippen LogP contribution in [0.1, 0.15) is 22.3 Å². The quantitative estimate of drug-likeness (QED) is 0.550. The van der Waals surface area contributed by atoms with Crippen molar-refractivity contribution in [3.05, 3.63) is 29.3 Å². The summed E-state index contributed by atoms with van der Waals surface area (Å²) in [4.78, 5) is 11.9. The fourth-order valence-electron chi connectivity index (χ4n) is 1.62. The summed E-state index contributed by atoms with van der Waals surface area (Å²) in [6, 6.07) is 5.34. The van der Waals surface area contributed by atoms with Gasteiger partial charge in [-0.05, 0) is 31.0 Å². The zero-order chi connectivity index (χ0) is 14.1. The van der Waals surface area contributed by atoms with Gasteiger partial charge < -0.3 is 20.5 Å². The fourth-order valence-corrected chi connectivity index (χ4v) is 1.62. The van der Waals surface area contributed by atoms with Crippen LogP contribution in [0, 0.1) is 6.92 Å². The third-order valence-corrected chi connectivity index (χ3v) is 2.80. The van der Waals surface area contributed by atoms with Crippen LogP contribution in [-0.2, 0) is 9.47 Å². The highest BCUT2D eigenvalue weighted by Gasteiger charge is 2.09. The first-order valence-electron chi connectivity index (χ1n) is 6.36. The average Bonchev–Trinajstić information content (AvgIpc) is 2.40. The third kappa shape index (κ3) is 5.28. The van der Waals surface area contributed by atoms with Crippen LogP contribution in [0.15, 0.2) is 18.2 Å². The number of carbonyl (C=O) groups is 1. The molecule has 0 saturated carbocycles. The van der Waals surface area contributed by atoms with Crippen LogP contribution in [0.3, 0.4) is 0 Å². The highest BCUT2D eigenvalue weighted by atomic mass is 16.5. The van der Waals surface area contributed by atoms with E-state index in [1.807, 2.05) is 6.92 Å². The molecule has 1 aromatic rings. The molecular formula is C14H22N2O3. The summed E-state index contributed by atoms with van der Waals surface area (Å²) in [6.45, 7) is 4.21. The van der Waals surface area contributed by atoms with Gasteiger partial charge in [-0.3, -0.25) is 4.79 Å². The van der Waals surface area contributed by atoms with E-state index in [0.717, 1.165) is 12.0 Å². The van der Waals surface area contributed by atoms with E-state index in [2.05, 4.69) is 5.32 Å². The Morgan fingerprint density at radius 1 is 1.32 bits per heavy atom. The molecule has 3 N–H and O–H groups in total. The molecule has 106 valence electrons. The summed E-state index contributed by atoms with van der Waals surface area (Å²) in [5, 5.41) is 2.85. The minimum atomic E-state index is -0.0957. The van der Waals surface area contributed by atoms with Crippen molar-refractivity contribution < 1.29 is 14.3 Å². The molecule has 1 aromatic carbocycles. The van der Waals surface area contributed by atoms with Gasteiger partial charge in [0.05, 0.1) is 13.2 Å². The largest absolute Gasteiger partial charge is 0.398 e. The summed E-state index contributed by atoms with van der Waals surface area (Å²) < 4.78 is 10.2. The molecule has 5 nitrogen and oxygen atoms in total.